The second kappa shape index (κ2) is 8.35. The molecule has 0 aliphatic heterocycles. The van der Waals surface area contributed by atoms with Crippen LogP contribution in [0.4, 0.5) is 0 Å². The molecule has 21 heavy (non-hydrogen) atoms. The van der Waals surface area contributed by atoms with Gasteiger partial charge in [0, 0.05) is 24.7 Å². The standard InChI is InChI=1S/C19H32N2/c1-7-14-21(16(2)3)15-18-10-8-17(9-11-18)12-13-20-19(4,5)6/h7-11,16,20H,1,12-15H2,2-6H3. The molecule has 0 aromatic heterocycles. The van der Waals surface area contributed by atoms with Crippen LogP contribution in [0.5, 0.6) is 0 Å². The van der Waals surface area contributed by atoms with E-state index in [-0.39, 0.29) is 5.54 Å². The van der Waals surface area contributed by atoms with Crippen molar-refractivity contribution in [1.29, 1.82) is 0 Å². The number of nitrogens with zero attached hydrogens (tertiary/aromatic N) is 1. The number of rotatable bonds is 8. The maximum atomic E-state index is 3.84. The van der Waals surface area contributed by atoms with Gasteiger partial charge in [0.05, 0.1) is 0 Å². The van der Waals surface area contributed by atoms with E-state index in [0.717, 1.165) is 26.1 Å². The van der Waals surface area contributed by atoms with Crippen molar-refractivity contribution in [2.75, 3.05) is 13.1 Å². The third kappa shape index (κ3) is 7.45. The highest BCUT2D eigenvalue weighted by atomic mass is 15.1. The summed E-state index contributed by atoms with van der Waals surface area (Å²) in [5.41, 5.74) is 2.97. The maximum Gasteiger partial charge on any atom is 0.0239 e. The van der Waals surface area contributed by atoms with E-state index in [1.165, 1.54) is 11.1 Å². The average molecular weight is 288 g/mol. The van der Waals surface area contributed by atoms with Crippen molar-refractivity contribution in [3.8, 4) is 0 Å². The van der Waals surface area contributed by atoms with Gasteiger partial charge < -0.3 is 5.32 Å². The lowest BCUT2D eigenvalue weighted by molar-refractivity contribution is 0.237. The van der Waals surface area contributed by atoms with Crippen LogP contribution in [0.25, 0.3) is 0 Å². The van der Waals surface area contributed by atoms with Gasteiger partial charge >= 0.3 is 0 Å². The Morgan fingerprint density at radius 3 is 2.19 bits per heavy atom. The first-order valence-electron chi connectivity index (χ1n) is 7.99. The Morgan fingerprint density at radius 1 is 1.14 bits per heavy atom. The Morgan fingerprint density at radius 2 is 1.71 bits per heavy atom. The second-order valence-corrected chi connectivity index (χ2v) is 7.06. The molecule has 1 N–H and O–H groups in total. The zero-order chi connectivity index (χ0) is 15.9. The SMILES string of the molecule is C=CCN(Cc1ccc(CCNC(C)(C)C)cc1)C(C)C. The molecule has 0 unspecified atom stereocenters. The molecule has 1 aromatic carbocycles. The normalized spacial score (nSPS) is 12.1. The Hall–Kier alpha value is -1.12. The van der Waals surface area contributed by atoms with E-state index in [2.05, 4.69) is 75.7 Å². The summed E-state index contributed by atoms with van der Waals surface area (Å²) in [6, 6.07) is 9.56. The quantitative estimate of drug-likeness (QED) is 0.727. The van der Waals surface area contributed by atoms with Gasteiger partial charge in [-0.05, 0) is 58.7 Å². The molecule has 1 aromatic rings. The van der Waals surface area contributed by atoms with Gasteiger partial charge in [-0.3, -0.25) is 4.90 Å². The first-order chi connectivity index (χ1) is 9.81. The molecule has 0 aliphatic carbocycles. The van der Waals surface area contributed by atoms with Crippen molar-refractivity contribution in [3.63, 3.8) is 0 Å². The van der Waals surface area contributed by atoms with E-state index in [0.29, 0.717) is 6.04 Å². The van der Waals surface area contributed by atoms with Crippen LogP contribution in [-0.4, -0.2) is 29.6 Å². The van der Waals surface area contributed by atoms with Crippen LogP contribution in [0.1, 0.15) is 45.7 Å². The molecule has 2 nitrogen and oxygen atoms in total. The summed E-state index contributed by atoms with van der Waals surface area (Å²) in [6.45, 7) is 17.9. The van der Waals surface area contributed by atoms with Gasteiger partial charge in [-0.2, -0.15) is 0 Å². The van der Waals surface area contributed by atoms with Crippen molar-refractivity contribution in [2.45, 2.75) is 59.2 Å². The van der Waals surface area contributed by atoms with E-state index in [1.54, 1.807) is 0 Å². The lowest BCUT2D eigenvalue weighted by atomic mass is 10.1. The summed E-state index contributed by atoms with van der Waals surface area (Å²) in [5.74, 6) is 0. The molecule has 118 valence electrons. The van der Waals surface area contributed by atoms with Crippen molar-refractivity contribution < 1.29 is 0 Å². The minimum absolute atomic E-state index is 0.197. The lowest BCUT2D eigenvalue weighted by Gasteiger charge is -2.25. The van der Waals surface area contributed by atoms with Gasteiger partial charge in [0.15, 0.2) is 0 Å². The van der Waals surface area contributed by atoms with Crippen molar-refractivity contribution >= 4 is 0 Å². The van der Waals surface area contributed by atoms with Gasteiger partial charge in [-0.1, -0.05) is 30.3 Å². The first-order valence-corrected chi connectivity index (χ1v) is 7.99. The fourth-order valence-electron chi connectivity index (χ4n) is 2.25. The largest absolute Gasteiger partial charge is 0.312 e. The smallest absolute Gasteiger partial charge is 0.0239 e. The summed E-state index contributed by atoms with van der Waals surface area (Å²) < 4.78 is 0. The molecule has 0 aliphatic rings. The molecule has 0 saturated carbocycles. The van der Waals surface area contributed by atoms with E-state index in [9.17, 15) is 0 Å². The molecule has 0 atom stereocenters. The molecule has 0 fully saturated rings. The highest BCUT2D eigenvalue weighted by Gasteiger charge is 2.09. The van der Waals surface area contributed by atoms with Gasteiger partial charge in [0.25, 0.3) is 0 Å². The molecule has 0 bridgehead atoms. The lowest BCUT2D eigenvalue weighted by Crippen LogP contribution is -2.37. The van der Waals surface area contributed by atoms with Crippen LogP contribution in [0.2, 0.25) is 0 Å². The minimum Gasteiger partial charge on any atom is -0.312 e. The average Bonchev–Trinajstić information content (AvgIpc) is 2.38. The highest BCUT2D eigenvalue weighted by molar-refractivity contribution is 5.23. The van der Waals surface area contributed by atoms with Crippen LogP contribution in [0, 0.1) is 0 Å². The third-order valence-corrected chi connectivity index (χ3v) is 3.57. The van der Waals surface area contributed by atoms with Crippen LogP contribution >= 0.6 is 0 Å². The molecule has 1 rings (SSSR count). The summed E-state index contributed by atoms with van der Waals surface area (Å²) in [4.78, 5) is 2.42. The maximum absolute atomic E-state index is 3.84. The van der Waals surface area contributed by atoms with Crippen molar-refractivity contribution in [2.24, 2.45) is 0 Å². The number of hydrogen-bond acceptors (Lipinski definition) is 2. The first kappa shape index (κ1) is 17.9. The Labute approximate surface area is 131 Å². The van der Waals surface area contributed by atoms with Crippen LogP contribution in [-0.2, 0) is 13.0 Å². The van der Waals surface area contributed by atoms with E-state index in [4.69, 9.17) is 0 Å². The molecule has 0 spiro atoms. The molecule has 0 radical (unpaired) electrons. The number of hydrogen-bond donors (Lipinski definition) is 1. The molecule has 0 saturated heterocycles. The highest BCUT2D eigenvalue weighted by Crippen LogP contribution is 2.11. The summed E-state index contributed by atoms with van der Waals surface area (Å²) in [5, 5.41) is 3.53. The molecule has 0 heterocycles. The van der Waals surface area contributed by atoms with Crippen molar-refractivity contribution in [1.82, 2.24) is 10.2 Å². The predicted molar refractivity (Wildman–Crippen MR) is 93.6 cm³/mol. The van der Waals surface area contributed by atoms with E-state index in [1.807, 2.05) is 6.08 Å². The second-order valence-electron chi connectivity index (χ2n) is 7.06. The fraction of sp³-hybridized carbons (Fsp3) is 0.579. The van der Waals surface area contributed by atoms with Crippen LogP contribution < -0.4 is 5.32 Å². The fourth-order valence-corrected chi connectivity index (χ4v) is 2.25. The topological polar surface area (TPSA) is 15.3 Å². The zero-order valence-corrected chi connectivity index (χ0v) is 14.4. The summed E-state index contributed by atoms with van der Waals surface area (Å²) in [6.07, 6.45) is 3.06. The van der Waals surface area contributed by atoms with Crippen LogP contribution in [0.15, 0.2) is 36.9 Å². The Kier molecular flexibility index (Phi) is 7.13. The van der Waals surface area contributed by atoms with Gasteiger partial charge in [0.2, 0.25) is 0 Å². The van der Waals surface area contributed by atoms with Gasteiger partial charge in [-0.25, -0.2) is 0 Å². The number of benzene rings is 1. The third-order valence-electron chi connectivity index (χ3n) is 3.57. The van der Waals surface area contributed by atoms with E-state index >= 15 is 0 Å². The molecule has 0 amide bonds. The zero-order valence-electron chi connectivity index (χ0n) is 14.4. The van der Waals surface area contributed by atoms with Gasteiger partial charge in [0.1, 0.15) is 0 Å². The summed E-state index contributed by atoms with van der Waals surface area (Å²) in [7, 11) is 0. The van der Waals surface area contributed by atoms with Gasteiger partial charge in [-0.15, -0.1) is 6.58 Å². The molecule has 2 heteroatoms. The monoisotopic (exact) mass is 288 g/mol. The summed E-state index contributed by atoms with van der Waals surface area (Å²) >= 11 is 0. The Balaban J connectivity index is 2.51. The van der Waals surface area contributed by atoms with E-state index < -0.39 is 0 Å². The predicted octanol–water partition coefficient (Wildman–Crippen LogP) is 4.01. The molecular weight excluding hydrogens is 256 g/mol. The minimum atomic E-state index is 0.197. The van der Waals surface area contributed by atoms with Crippen LogP contribution in [0.3, 0.4) is 0 Å². The number of nitrogens with one attached hydrogen (secondary N) is 1. The molecular formula is C19H32N2. The van der Waals surface area contributed by atoms with Crippen molar-refractivity contribution in [3.05, 3.63) is 48.0 Å². The Bertz CT molecular complexity index is 412.